The average molecular weight is 240 g/mol. The first-order valence-electron chi connectivity index (χ1n) is 5.23. The Morgan fingerprint density at radius 2 is 2.18 bits per heavy atom. The number of aromatic nitrogens is 3. The number of esters is 1. The third-order valence-corrected chi connectivity index (χ3v) is 2.23. The molecule has 94 valence electrons. The standard InChI is InChI=1S/C10H16N4O3/c1-8(2)14(5-10(16)17-3)9(15)4-13-7-11-6-12-13/h6-8H,4-5H2,1-3H3. The Labute approximate surface area is 99.4 Å². The zero-order chi connectivity index (χ0) is 12.8. The highest BCUT2D eigenvalue weighted by atomic mass is 16.5. The van der Waals surface area contributed by atoms with Gasteiger partial charge in [0, 0.05) is 6.04 Å². The molecule has 0 radical (unpaired) electrons. The minimum atomic E-state index is -0.439. The van der Waals surface area contributed by atoms with E-state index in [9.17, 15) is 9.59 Å². The van der Waals surface area contributed by atoms with Crippen LogP contribution in [0.4, 0.5) is 0 Å². The molecule has 0 atom stereocenters. The van der Waals surface area contributed by atoms with Crippen molar-refractivity contribution >= 4 is 11.9 Å². The lowest BCUT2D eigenvalue weighted by atomic mass is 10.3. The SMILES string of the molecule is COC(=O)CN(C(=O)Cn1cncn1)C(C)C. The number of hydrogen-bond acceptors (Lipinski definition) is 5. The van der Waals surface area contributed by atoms with Gasteiger partial charge in [0.05, 0.1) is 7.11 Å². The van der Waals surface area contributed by atoms with Crippen LogP contribution in [-0.2, 0) is 20.9 Å². The molecule has 1 heterocycles. The van der Waals surface area contributed by atoms with E-state index in [-0.39, 0.29) is 25.0 Å². The fourth-order valence-corrected chi connectivity index (χ4v) is 1.31. The fourth-order valence-electron chi connectivity index (χ4n) is 1.31. The van der Waals surface area contributed by atoms with E-state index in [4.69, 9.17) is 0 Å². The number of nitrogens with zero attached hydrogens (tertiary/aromatic N) is 4. The van der Waals surface area contributed by atoms with E-state index >= 15 is 0 Å². The summed E-state index contributed by atoms with van der Waals surface area (Å²) in [4.78, 5) is 28.3. The van der Waals surface area contributed by atoms with Gasteiger partial charge in [-0.1, -0.05) is 0 Å². The highest BCUT2D eigenvalue weighted by molar-refractivity contribution is 5.82. The van der Waals surface area contributed by atoms with Crippen LogP contribution >= 0.6 is 0 Å². The van der Waals surface area contributed by atoms with Crippen LogP contribution in [0.1, 0.15) is 13.8 Å². The molecular weight excluding hydrogens is 224 g/mol. The van der Waals surface area contributed by atoms with Crippen LogP contribution in [0.3, 0.4) is 0 Å². The molecule has 1 amide bonds. The van der Waals surface area contributed by atoms with Crippen molar-refractivity contribution < 1.29 is 14.3 Å². The molecule has 0 saturated carbocycles. The van der Waals surface area contributed by atoms with Gasteiger partial charge in [-0.15, -0.1) is 0 Å². The number of amides is 1. The van der Waals surface area contributed by atoms with Crippen molar-refractivity contribution in [2.24, 2.45) is 0 Å². The van der Waals surface area contributed by atoms with Crippen LogP contribution in [0, 0.1) is 0 Å². The van der Waals surface area contributed by atoms with Crippen molar-refractivity contribution in [1.82, 2.24) is 19.7 Å². The van der Waals surface area contributed by atoms with Crippen molar-refractivity contribution in [1.29, 1.82) is 0 Å². The minimum Gasteiger partial charge on any atom is -0.468 e. The fraction of sp³-hybridized carbons (Fsp3) is 0.600. The molecule has 0 spiro atoms. The Morgan fingerprint density at radius 3 is 2.65 bits per heavy atom. The highest BCUT2D eigenvalue weighted by Gasteiger charge is 2.20. The van der Waals surface area contributed by atoms with E-state index in [1.165, 1.54) is 29.3 Å². The highest BCUT2D eigenvalue weighted by Crippen LogP contribution is 2.01. The van der Waals surface area contributed by atoms with E-state index in [1.807, 2.05) is 13.8 Å². The maximum Gasteiger partial charge on any atom is 0.325 e. The number of methoxy groups -OCH3 is 1. The lowest BCUT2D eigenvalue weighted by molar-refractivity contribution is -0.148. The summed E-state index contributed by atoms with van der Waals surface area (Å²) < 4.78 is 5.96. The molecule has 0 unspecified atom stereocenters. The summed E-state index contributed by atoms with van der Waals surface area (Å²) in [5.74, 6) is -0.637. The van der Waals surface area contributed by atoms with Crippen molar-refractivity contribution in [2.45, 2.75) is 26.4 Å². The smallest absolute Gasteiger partial charge is 0.325 e. The topological polar surface area (TPSA) is 77.3 Å². The number of carbonyl (C=O) groups excluding carboxylic acids is 2. The molecule has 1 aromatic rings. The monoisotopic (exact) mass is 240 g/mol. The van der Waals surface area contributed by atoms with Crippen LogP contribution in [0.5, 0.6) is 0 Å². The Hall–Kier alpha value is -1.92. The summed E-state index contributed by atoms with van der Waals surface area (Å²) in [6.07, 6.45) is 2.81. The zero-order valence-corrected chi connectivity index (χ0v) is 10.2. The van der Waals surface area contributed by atoms with Crippen molar-refractivity contribution in [3.63, 3.8) is 0 Å². The largest absolute Gasteiger partial charge is 0.468 e. The first-order chi connectivity index (χ1) is 8.04. The van der Waals surface area contributed by atoms with Gasteiger partial charge in [-0.25, -0.2) is 9.67 Å². The van der Waals surface area contributed by atoms with Crippen molar-refractivity contribution in [2.75, 3.05) is 13.7 Å². The van der Waals surface area contributed by atoms with Gasteiger partial charge in [0.25, 0.3) is 0 Å². The molecule has 7 heteroatoms. The van der Waals surface area contributed by atoms with Crippen LogP contribution in [-0.4, -0.2) is 51.2 Å². The van der Waals surface area contributed by atoms with Crippen LogP contribution in [0.15, 0.2) is 12.7 Å². The number of ether oxygens (including phenoxy) is 1. The third kappa shape index (κ3) is 3.86. The predicted molar refractivity (Wildman–Crippen MR) is 58.9 cm³/mol. The van der Waals surface area contributed by atoms with Gasteiger partial charge in [-0.2, -0.15) is 5.10 Å². The van der Waals surface area contributed by atoms with E-state index in [0.717, 1.165) is 0 Å². The third-order valence-electron chi connectivity index (χ3n) is 2.23. The van der Waals surface area contributed by atoms with Crippen LogP contribution in [0.2, 0.25) is 0 Å². The summed E-state index contributed by atoms with van der Waals surface area (Å²) in [6.45, 7) is 3.68. The lowest BCUT2D eigenvalue weighted by Gasteiger charge is -2.25. The molecule has 0 saturated heterocycles. The Bertz CT molecular complexity index is 375. The normalized spacial score (nSPS) is 10.4. The lowest BCUT2D eigenvalue weighted by Crippen LogP contribution is -2.42. The molecule has 0 aromatic carbocycles. The molecule has 1 rings (SSSR count). The Morgan fingerprint density at radius 1 is 1.47 bits per heavy atom. The van der Waals surface area contributed by atoms with Gasteiger partial charge in [-0.05, 0) is 13.8 Å². The van der Waals surface area contributed by atoms with E-state index in [1.54, 1.807) is 0 Å². The molecule has 7 nitrogen and oxygen atoms in total. The molecular formula is C10H16N4O3. The second-order valence-electron chi connectivity index (χ2n) is 3.78. The van der Waals surface area contributed by atoms with Gasteiger partial charge in [0.1, 0.15) is 25.7 Å². The van der Waals surface area contributed by atoms with Gasteiger partial charge in [-0.3, -0.25) is 9.59 Å². The summed E-state index contributed by atoms with van der Waals surface area (Å²) in [6, 6.07) is -0.0786. The predicted octanol–water partition coefficient (Wildman–Crippen LogP) is -0.312. The van der Waals surface area contributed by atoms with E-state index < -0.39 is 5.97 Å². The molecule has 0 aliphatic carbocycles. The second-order valence-corrected chi connectivity index (χ2v) is 3.78. The number of rotatable bonds is 5. The minimum absolute atomic E-state index is 0.0539. The van der Waals surface area contributed by atoms with Gasteiger partial charge >= 0.3 is 5.97 Å². The maximum absolute atomic E-state index is 11.9. The Balaban J connectivity index is 2.64. The number of carbonyl (C=O) groups is 2. The van der Waals surface area contributed by atoms with E-state index in [0.29, 0.717) is 0 Å². The molecule has 17 heavy (non-hydrogen) atoms. The summed E-state index contributed by atoms with van der Waals surface area (Å²) in [5, 5.41) is 3.84. The summed E-state index contributed by atoms with van der Waals surface area (Å²) in [7, 11) is 1.29. The maximum atomic E-state index is 11.9. The molecule has 0 N–H and O–H groups in total. The van der Waals surface area contributed by atoms with Gasteiger partial charge in [0.15, 0.2) is 0 Å². The van der Waals surface area contributed by atoms with Gasteiger partial charge < -0.3 is 9.64 Å². The summed E-state index contributed by atoms with van der Waals surface area (Å²) >= 11 is 0. The quantitative estimate of drug-likeness (QED) is 0.660. The van der Waals surface area contributed by atoms with Gasteiger partial charge in [0.2, 0.25) is 5.91 Å². The molecule has 0 fully saturated rings. The summed E-state index contributed by atoms with van der Waals surface area (Å²) in [5.41, 5.74) is 0. The number of hydrogen-bond donors (Lipinski definition) is 0. The van der Waals surface area contributed by atoms with Crippen molar-refractivity contribution in [3.8, 4) is 0 Å². The van der Waals surface area contributed by atoms with Crippen LogP contribution in [0.25, 0.3) is 0 Å². The second kappa shape index (κ2) is 5.97. The zero-order valence-electron chi connectivity index (χ0n) is 10.2. The molecule has 1 aromatic heterocycles. The average Bonchev–Trinajstić information content (AvgIpc) is 2.77. The molecule has 0 aliphatic heterocycles. The molecule has 0 aliphatic rings. The first kappa shape index (κ1) is 13.1. The first-order valence-corrected chi connectivity index (χ1v) is 5.23. The Kier molecular flexibility index (Phi) is 4.62. The van der Waals surface area contributed by atoms with Crippen molar-refractivity contribution in [3.05, 3.63) is 12.7 Å². The molecule has 0 bridgehead atoms. The van der Waals surface area contributed by atoms with Crippen LogP contribution < -0.4 is 0 Å². The van der Waals surface area contributed by atoms with E-state index in [2.05, 4.69) is 14.8 Å².